The lowest BCUT2D eigenvalue weighted by Gasteiger charge is -2.03. The van der Waals surface area contributed by atoms with Crippen LogP contribution in [0.3, 0.4) is 0 Å². The van der Waals surface area contributed by atoms with Crippen molar-refractivity contribution in [2.75, 3.05) is 12.8 Å². The van der Waals surface area contributed by atoms with Crippen LogP contribution in [0, 0.1) is 0 Å². The maximum Gasteiger partial charge on any atom is 0.292 e. The van der Waals surface area contributed by atoms with Crippen LogP contribution in [0.1, 0.15) is 21.9 Å². The Hall–Kier alpha value is -3.54. The van der Waals surface area contributed by atoms with Gasteiger partial charge in [-0.25, -0.2) is 10.1 Å². The molecule has 0 saturated carbocycles. The highest BCUT2D eigenvalue weighted by Gasteiger charge is 2.24. The molecule has 24 heavy (non-hydrogen) atoms. The molecule has 3 aromatic heterocycles. The molecule has 0 spiro atoms. The highest BCUT2D eigenvalue weighted by Crippen LogP contribution is 2.16. The summed E-state index contributed by atoms with van der Waals surface area (Å²) in [6.07, 6.45) is 2.83. The van der Waals surface area contributed by atoms with E-state index in [9.17, 15) is 4.79 Å². The molecule has 0 radical (unpaired) electrons. The van der Waals surface area contributed by atoms with E-state index in [1.54, 1.807) is 12.1 Å². The molecule has 0 aliphatic carbocycles. The monoisotopic (exact) mass is 332 g/mol. The van der Waals surface area contributed by atoms with Crippen molar-refractivity contribution in [1.29, 1.82) is 0 Å². The van der Waals surface area contributed by atoms with Crippen molar-refractivity contribution in [1.82, 2.24) is 30.7 Å². The fraction of sp³-hybridized carbons (Fsp3) is 0.167. The molecule has 3 heterocycles. The molecule has 124 valence electrons. The van der Waals surface area contributed by atoms with Gasteiger partial charge in [-0.3, -0.25) is 4.79 Å². The lowest BCUT2D eigenvalue weighted by Crippen LogP contribution is -2.23. The number of hydrogen-bond acceptors (Lipinski definition) is 10. The number of amides is 1. The van der Waals surface area contributed by atoms with Gasteiger partial charge < -0.3 is 14.9 Å². The molecular weight excluding hydrogens is 320 g/mol. The Morgan fingerprint density at radius 1 is 1.54 bits per heavy atom. The van der Waals surface area contributed by atoms with Crippen molar-refractivity contribution in [2.24, 2.45) is 5.10 Å². The molecule has 0 fully saturated rings. The zero-order valence-corrected chi connectivity index (χ0v) is 12.4. The van der Waals surface area contributed by atoms with E-state index in [1.807, 2.05) is 0 Å². The standard InChI is InChI=1S/C12H12N8O4/c1-22-6-8-9(12(21)16-14-5-7-3-2-4-23-7)20(19-15-8)11-10(13)17-24-18-11/h2-5H,6H2,1H3,(H2,13,17)(H,16,21)/b14-5+. The Kier molecular flexibility index (Phi) is 4.29. The van der Waals surface area contributed by atoms with Gasteiger partial charge in [0.2, 0.25) is 11.6 Å². The van der Waals surface area contributed by atoms with Crippen LogP contribution in [0.15, 0.2) is 32.5 Å². The summed E-state index contributed by atoms with van der Waals surface area (Å²) < 4.78 is 15.7. The smallest absolute Gasteiger partial charge is 0.292 e. The maximum absolute atomic E-state index is 12.4. The van der Waals surface area contributed by atoms with E-state index < -0.39 is 5.91 Å². The van der Waals surface area contributed by atoms with Crippen LogP contribution in [0.25, 0.3) is 5.82 Å². The number of carbonyl (C=O) groups is 1. The molecule has 1 amide bonds. The van der Waals surface area contributed by atoms with Gasteiger partial charge in [-0.05, 0) is 22.4 Å². The third-order valence-electron chi connectivity index (χ3n) is 2.83. The summed E-state index contributed by atoms with van der Waals surface area (Å²) in [6.45, 7) is 0.0514. The van der Waals surface area contributed by atoms with E-state index >= 15 is 0 Å². The lowest BCUT2D eigenvalue weighted by molar-refractivity contribution is 0.0942. The van der Waals surface area contributed by atoms with Gasteiger partial charge in [0.15, 0.2) is 5.69 Å². The summed E-state index contributed by atoms with van der Waals surface area (Å²) >= 11 is 0. The molecule has 12 nitrogen and oxygen atoms in total. The van der Waals surface area contributed by atoms with Gasteiger partial charge >= 0.3 is 0 Å². The molecule has 0 unspecified atom stereocenters. The predicted molar refractivity (Wildman–Crippen MR) is 78.1 cm³/mol. The van der Waals surface area contributed by atoms with Crippen molar-refractivity contribution in [2.45, 2.75) is 6.61 Å². The quantitative estimate of drug-likeness (QED) is 0.457. The fourth-order valence-electron chi connectivity index (χ4n) is 1.83. The molecule has 0 aliphatic rings. The molecule has 0 aromatic carbocycles. The number of hydrogen-bond donors (Lipinski definition) is 2. The highest BCUT2D eigenvalue weighted by molar-refractivity contribution is 5.94. The van der Waals surface area contributed by atoms with Gasteiger partial charge in [-0.15, -0.1) is 5.10 Å². The van der Waals surface area contributed by atoms with Gasteiger partial charge in [0.05, 0.1) is 19.1 Å². The van der Waals surface area contributed by atoms with Crippen LogP contribution in [0.5, 0.6) is 0 Å². The molecule has 3 N–H and O–H groups in total. The average Bonchev–Trinajstić information content (AvgIpc) is 3.28. The third-order valence-corrected chi connectivity index (χ3v) is 2.83. The minimum absolute atomic E-state index is 0.0324. The Morgan fingerprint density at radius 3 is 3.08 bits per heavy atom. The van der Waals surface area contributed by atoms with E-state index in [2.05, 4.69) is 35.8 Å². The largest absolute Gasteiger partial charge is 0.463 e. The van der Waals surface area contributed by atoms with Gasteiger partial charge in [0.1, 0.15) is 11.5 Å². The molecule has 0 atom stereocenters. The molecule has 3 aromatic rings. The summed E-state index contributed by atoms with van der Waals surface area (Å²) in [5, 5.41) is 18.5. The van der Waals surface area contributed by atoms with E-state index in [4.69, 9.17) is 14.9 Å². The third kappa shape index (κ3) is 2.98. The van der Waals surface area contributed by atoms with Crippen LogP contribution in [-0.2, 0) is 11.3 Å². The number of nitrogens with zero attached hydrogens (tertiary/aromatic N) is 6. The summed E-state index contributed by atoms with van der Waals surface area (Å²) in [7, 11) is 1.46. The van der Waals surface area contributed by atoms with Crippen LogP contribution in [0.2, 0.25) is 0 Å². The number of nitrogens with one attached hydrogen (secondary N) is 1. The Balaban J connectivity index is 1.88. The number of ether oxygens (including phenoxy) is 1. The Morgan fingerprint density at radius 2 is 2.42 bits per heavy atom. The second-order valence-electron chi connectivity index (χ2n) is 4.42. The molecule has 12 heteroatoms. The molecule has 3 rings (SSSR count). The molecule has 0 bridgehead atoms. The number of rotatable bonds is 6. The van der Waals surface area contributed by atoms with Crippen LogP contribution >= 0.6 is 0 Å². The van der Waals surface area contributed by atoms with Crippen LogP contribution in [-0.4, -0.2) is 44.5 Å². The minimum Gasteiger partial charge on any atom is -0.463 e. The first-order valence-corrected chi connectivity index (χ1v) is 6.59. The first-order valence-electron chi connectivity index (χ1n) is 6.59. The molecule has 0 aliphatic heterocycles. The summed E-state index contributed by atoms with van der Waals surface area (Å²) in [4.78, 5) is 12.4. The summed E-state index contributed by atoms with van der Waals surface area (Å²) in [5.41, 5.74) is 8.27. The second kappa shape index (κ2) is 6.70. The predicted octanol–water partition coefficient (Wildman–Crippen LogP) is -0.264. The van der Waals surface area contributed by atoms with Gasteiger partial charge in [-0.2, -0.15) is 9.78 Å². The SMILES string of the molecule is COCc1nnn(-c2nonc2N)c1C(=O)N/N=C/c1ccco1. The summed E-state index contributed by atoms with van der Waals surface area (Å²) in [6, 6.07) is 3.37. The van der Waals surface area contributed by atoms with Crippen molar-refractivity contribution >= 4 is 17.9 Å². The summed E-state index contributed by atoms with van der Waals surface area (Å²) in [5.74, 6) is -0.136. The maximum atomic E-state index is 12.4. The van der Waals surface area contributed by atoms with Crippen LogP contribution < -0.4 is 11.2 Å². The highest BCUT2D eigenvalue weighted by atomic mass is 16.6. The van der Waals surface area contributed by atoms with Crippen LogP contribution in [0.4, 0.5) is 5.82 Å². The first-order chi connectivity index (χ1) is 11.7. The number of furan rings is 1. The van der Waals surface area contributed by atoms with Gasteiger partial charge in [-0.1, -0.05) is 5.21 Å². The van der Waals surface area contributed by atoms with Gasteiger partial charge in [0.25, 0.3) is 5.91 Å². The van der Waals surface area contributed by atoms with E-state index in [1.165, 1.54) is 19.6 Å². The number of nitrogens with two attached hydrogens (primary N) is 1. The number of aromatic nitrogens is 5. The minimum atomic E-state index is -0.600. The zero-order chi connectivity index (χ0) is 16.9. The van der Waals surface area contributed by atoms with Crippen molar-refractivity contribution in [3.63, 3.8) is 0 Å². The first kappa shape index (κ1) is 15.4. The van der Waals surface area contributed by atoms with E-state index in [-0.39, 0.29) is 29.6 Å². The Bertz CT molecular complexity index is 850. The topological polar surface area (TPSA) is 159 Å². The van der Waals surface area contributed by atoms with E-state index in [0.29, 0.717) is 5.76 Å². The van der Waals surface area contributed by atoms with E-state index in [0.717, 1.165) is 4.68 Å². The number of nitrogen functional groups attached to an aromatic ring is 1. The normalized spacial score (nSPS) is 11.2. The number of methoxy groups -OCH3 is 1. The molecule has 0 saturated heterocycles. The van der Waals surface area contributed by atoms with Crippen molar-refractivity contribution < 1.29 is 18.6 Å². The number of carbonyl (C=O) groups excluding carboxylic acids is 1. The lowest BCUT2D eigenvalue weighted by atomic mass is 10.3. The average molecular weight is 332 g/mol. The van der Waals surface area contributed by atoms with Crippen molar-refractivity contribution in [3.8, 4) is 5.82 Å². The van der Waals surface area contributed by atoms with Gasteiger partial charge in [0, 0.05) is 7.11 Å². The number of anilines is 1. The fourth-order valence-corrected chi connectivity index (χ4v) is 1.83. The second-order valence-corrected chi connectivity index (χ2v) is 4.42. The number of hydrazone groups is 1. The Labute approximate surface area is 134 Å². The molecular formula is C12H12N8O4. The zero-order valence-electron chi connectivity index (χ0n) is 12.4. The van der Waals surface area contributed by atoms with Crippen molar-refractivity contribution in [3.05, 3.63) is 35.5 Å².